The molecule has 0 spiro atoms. The average Bonchev–Trinajstić information content (AvgIpc) is 2.67. The number of hydrogen-bond acceptors (Lipinski definition) is 2. The number of Topliss-reactive ketones (excluding diaryl/α,β-unsaturated/α-hetero) is 1. The molecule has 0 fully saturated rings. The summed E-state index contributed by atoms with van der Waals surface area (Å²) in [5.74, 6) is -0.808. The number of benzene rings is 2. The maximum Gasteiger partial charge on any atom is 0.389 e. The van der Waals surface area contributed by atoms with Crippen molar-refractivity contribution >= 4 is 29.1 Å². The van der Waals surface area contributed by atoms with Crippen molar-refractivity contribution in [1.82, 2.24) is 0 Å². The molecule has 0 aliphatic heterocycles. The normalized spacial score (nSPS) is 12.8. The third kappa shape index (κ3) is 7.03. The van der Waals surface area contributed by atoms with Crippen molar-refractivity contribution in [2.75, 3.05) is 5.75 Å². The first-order valence-corrected chi connectivity index (χ1v) is 10.8. The van der Waals surface area contributed by atoms with Gasteiger partial charge in [-0.2, -0.15) is 13.2 Å². The summed E-state index contributed by atoms with van der Waals surface area (Å²) in [7, 11) is 0. The molecule has 0 aliphatic rings. The van der Waals surface area contributed by atoms with Crippen molar-refractivity contribution < 1.29 is 22.4 Å². The molecule has 2 aromatic rings. The summed E-state index contributed by atoms with van der Waals surface area (Å²) in [5, 5.41) is 0.0176. The average molecular weight is 447 g/mol. The van der Waals surface area contributed by atoms with E-state index in [0.717, 1.165) is 22.9 Å². The van der Waals surface area contributed by atoms with Crippen LogP contribution < -0.4 is 0 Å². The van der Waals surface area contributed by atoms with E-state index in [-0.39, 0.29) is 28.9 Å². The first-order valence-electron chi connectivity index (χ1n) is 9.45. The van der Waals surface area contributed by atoms with E-state index in [0.29, 0.717) is 23.3 Å². The molecule has 1 unspecified atom stereocenters. The van der Waals surface area contributed by atoms with Gasteiger partial charge < -0.3 is 0 Å². The second-order valence-corrected chi connectivity index (χ2v) is 8.34. The van der Waals surface area contributed by atoms with Crippen molar-refractivity contribution in [3.05, 3.63) is 63.9 Å². The van der Waals surface area contributed by atoms with Crippen LogP contribution >= 0.6 is 23.4 Å². The minimum atomic E-state index is -4.20. The number of rotatable bonds is 9. The highest BCUT2D eigenvalue weighted by Gasteiger charge is 2.26. The van der Waals surface area contributed by atoms with Gasteiger partial charge in [0, 0.05) is 22.6 Å². The first kappa shape index (κ1) is 23.7. The zero-order valence-electron chi connectivity index (χ0n) is 16.3. The molecule has 158 valence electrons. The lowest BCUT2D eigenvalue weighted by molar-refractivity contribution is -0.129. The van der Waals surface area contributed by atoms with Crippen LogP contribution in [0.5, 0.6) is 0 Å². The fourth-order valence-electron chi connectivity index (χ4n) is 3.04. The second kappa shape index (κ2) is 10.5. The Hall–Kier alpha value is -1.53. The lowest BCUT2D eigenvalue weighted by atomic mass is 9.89. The van der Waals surface area contributed by atoms with Crippen LogP contribution in [0.4, 0.5) is 17.6 Å². The van der Waals surface area contributed by atoms with Crippen LogP contribution in [0, 0.1) is 5.82 Å². The molecule has 2 rings (SSSR count). The molecule has 0 aromatic heterocycles. The van der Waals surface area contributed by atoms with Gasteiger partial charge in [-0.3, -0.25) is 4.79 Å². The summed E-state index contributed by atoms with van der Waals surface area (Å²) in [4.78, 5) is 13.5. The number of alkyl halides is 3. The molecule has 0 saturated heterocycles. The van der Waals surface area contributed by atoms with E-state index in [9.17, 15) is 22.4 Å². The Bertz CT molecular complexity index is 851. The fraction of sp³-hybridized carbons (Fsp3) is 0.409. The highest BCUT2D eigenvalue weighted by Crippen LogP contribution is 2.32. The Labute approximate surface area is 177 Å². The molecule has 0 heterocycles. The van der Waals surface area contributed by atoms with Crippen molar-refractivity contribution in [3.63, 3.8) is 0 Å². The van der Waals surface area contributed by atoms with Crippen LogP contribution in [-0.2, 0) is 6.42 Å². The summed E-state index contributed by atoms with van der Waals surface area (Å²) in [6.45, 7) is 3.86. The van der Waals surface area contributed by atoms with Gasteiger partial charge in [-0.05, 0) is 48.1 Å². The van der Waals surface area contributed by atoms with Gasteiger partial charge in [0.2, 0.25) is 0 Å². The lowest BCUT2D eigenvalue weighted by Gasteiger charge is -2.16. The fourth-order valence-corrected chi connectivity index (χ4v) is 4.39. The van der Waals surface area contributed by atoms with E-state index in [1.807, 2.05) is 13.8 Å². The van der Waals surface area contributed by atoms with Gasteiger partial charge in [0.1, 0.15) is 5.82 Å². The number of carbonyl (C=O) groups is 1. The molecule has 1 nitrogen and oxygen atoms in total. The standard InChI is InChI=1S/C22H23ClF4OS/c1-3-14-5-6-17(13-21(14)29-10-9-22(25,26)27)20(28)12-15(4-2)16-7-8-19(24)18(23)11-16/h5-8,11,13,15H,3-4,9-10,12H2,1-2H3. The molecule has 0 N–H and O–H groups in total. The van der Waals surface area contributed by atoms with Crippen LogP contribution in [0.3, 0.4) is 0 Å². The zero-order valence-corrected chi connectivity index (χ0v) is 17.9. The summed E-state index contributed by atoms with van der Waals surface area (Å²) < 4.78 is 50.7. The molecular weight excluding hydrogens is 424 g/mol. The molecular formula is C22H23ClF4OS. The van der Waals surface area contributed by atoms with E-state index in [1.165, 1.54) is 12.1 Å². The van der Waals surface area contributed by atoms with Gasteiger partial charge in [0.25, 0.3) is 0 Å². The number of aryl methyl sites for hydroxylation is 1. The maximum absolute atomic E-state index is 13.4. The SMILES string of the molecule is CCc1ccc(C(=O)CC(CC)c2ccc(F)c(Cl)c2)cc1SCCC(F)(F)F. The van der Waals surface area contributed by atoms with E-state index < -0.39 is 18.4 Å². The predicted molar refractivity (Wildman–Crippen MR) is 111 cm³/mol. The van der Waals surface area contributed by atoms with Gasteiger partial charge in [-0.25, -0.2) is 4.39 Å². The van der Waals surface area contributed by atoms with Crippen LogP contribution in [-0.4, -0.2) is 17.7 Å². The lowest BCUT2D eigenvalue weighted by Crippen LogP contribution is -2.09. The highest BCUT2D eigenvalue weighted by molar-refractivity contribution is 7.99. The smallest absolute Gasteiger partial charge is 0.294 e. The van der Waals surface area contributed by atoms with Gasteiger partial charge in [-0.1, -0.05) is 43.6 Å². The monoisotopic (exact) mass is 446 g/mol. The Balaban J connectivity index is 2.16. The third-order valence-corrected chi connectivity index (χ3v) is 6.14. The molecule has 1 atom stereocenters. The van der Waals surface area contributed by atoms with E-state index in [2.05, 4.69) is 0 Å². The number of ketones is 1. The van der Waals surface area contributed by atoms with E-state index in [1.54, 1.807) is 24.3 Å². The minimum Gasteiger partial charge on any atom is -0.294 e. The molecule has 0 radical (unpaired) electrons. The molecule has 7 heteroatoms. The topological polar surface area (TPSA) is 17.1 Å². The Morgan fingerprint density at radius 3 is 2.45 bits per heavy atom. The van der Waals surface area contributed by atoms with Crippen LogP contribution in [0.15, 0.2) is 41.3 Å². The molecule has 29 heavy (non-hydrogen) atoms. The number of halogens is 5. The second-order valence-electron chi connectivity index (χ2n) is 6.80. The molecule has 0 amide bonds. The number of thioether (sulfide) groups is 1. The van der Waals surface area contributed by atoms with E-state index in [4.69, 9.17) is 11.6 Å². The Morgan fingerprint density at radius 1 is 1.14 bits per heavy atom. The number of carbonyl (C=O) groups excluding carboxylic acids is 1. The largest absolute Gasteiger partial charge is 0.389 e. The quantitative estimate of drug-likeness (QED) is 0.221. The third-order valence-electron chi connectivity index (χ3n) is 4.75. The predicted octanol–water partition coefficient (Wildman–Crippen LogP) is 7.85. The molecule has 0 aliphatic carbocycles. The zero-order chi connectivity index (χ0) is 21.6. The summed E-state index contributed by atoms with van der Waals surface area (Å²) >= 11 is 6.98. The Kier molecular flexibility index (Phi) is 8.58. The Morgan fingerprint density at radius 2 is 1.86 bits per heavy atom. The van der Waals surface area contributed by atoms with Gasteiger partial charge in [-0.15, -0.1) is 11.8 Å². The van der Waals surface area contributed by atoms with Crippen molar-refractivity contribution in [1.29, 1.82) is 0 Å². The van der Waals surface area contributed by atoms with Crippen LogP contribution in [0.25, 0.3) is 0 Å². The van der Waals surface area contributed by atoms with Gasteiger partial charge in [0.15, 0.2) is 5.78 Å². The highest BCUT2D eigenvalue weighted by atomic mass is 35.5. The first-order chi connectivity index (χ1) is 13.6. The van der Waals surface area contributed by atoms with Crippen LogP contribution in [0.2, 0.25) is 5.02 Å². The van der Waals surface area contributed by atoms with Crippen molar-refractivity contribution in [2.45, 2.75) is 56.5 Å². The van der Waals surface area contributed by atoms with E-state index >= 15 is 0 Å². The van der Waals surface area contributed by atoms with Gasteiger partial charge >= 0.3 is 6.18 Å². The molecule has 2 aromatic carbocycles. The van der Waals surface area contributed by atoms with Crippen LogP contribution in [0.1, 0.15) is 60.5 Å². The minimum absolute atomic E-state index is 0.0176. The summed E-state index contributed by atoms with van der Waals surface area (Å²) in [5.41, 5.74) is 2.19. The summed E-state index contributed by atoms with van der Waals surface area (Å²) in [6, 6.07) is 9.67. The van der Waals surface area contributed by atoms with Gasteiger partial charge in [0.05, 0.1) is 11.4 Å². The van der Waals surface area contributed by atoms with Crippen molar-refractivity contribution in [3.8, 4) is 0 Å². The molecule has 0 saturated carbocycles. The summed E-state index contributed by atoms with van der Waals surface area (Å²) in [6.07, 6.45) is -3.50. The number of hydrogen-bond donors (Lipinski definition) is 0. The maximum atomic E-state index is 13.4. The van der Waals surface area contributed by atoms with Crippen molar-refractivity contribution in [2.24, 2.45) is 0 Å². The molecule has 0 bridgehead atoms.